The lowest BCUT2D eigenvalue weighted by molar-refractivity contribution is 0.0667. The van der Waals surface area contributed by atoms with E-state index in [0.29, 0.717) is 32.5 Å². The number of anilines is 2. The van der Waals surface area contributed by atoms with Crippen molar-refractivity contribution in [2.75, 3.05) is 51.8 Å². The lowest BCUT2D eigenvalue weighted by atomic mass is 9.88. The van der Waals surface area contributed by atoms with Crippen LogP contribution in [0.15, 0.2) is 20.6 Å². The number of nitrogen functional groups attached to an aromatic ring is 1. The van der Waals surface area contributed by atoms with E-state index in [9.17, 15) is 18.0 Å². The van der Waals surface area contributed by atoms with Crippen molar-refractivity contribution >= 4 is 51.0 Å². The Morgan fingerprint density at radius 2 is 1.95 bits per heavy atom. The molecule has 0 aliphatic carbocycles. The van der Waals surface area contributed by atoms with Gasteiger partial charge in [0.25, 0.3) is 21.8 Å². The molecular weight excluding hydrogens is 526 g/mol. The van der Waals surface area contributed by atoms with Gasteiger partial charge in [0.05, 0.1) is 17.6 Å². The summed E-state index contributed by atoms with van der Waals surface area (Å²) in [6.45, 7) is 2.79. The number of halogens is 1. The third-order valence-electron chi connectivity index (χ3n) is 6.35. The summed E-state index contributed by atoms with van der Waals surface area (Å²) in [4.78, 5) is 40.0. The van der Waals surface area contributed by atoms with Crippen LogP contribution in [0.25, 0.3) is 0 Å². The largest absolute Gasteiger partial charge is 0.448 e. The van der Waals surface area contributed by atoms with Crippen LogP contribution in [-0.2, 0) is 10.0 Å². The Kier molecular flexibility index (Phi) is 7.05. The Labute approximate surface area is 218 Å². The average molecular weight is 554 g/mol. The number of hydrogen-bond donors (Lipinski definition) is 4. The van der Waals surface area contributed by atoms with Crippen molar-refractivity contribution in [3.05, 3.63) is 28.2 Å². The van der Waals surface area contributed by atoms with Gasteiger partial charge in [-0.2, -0.15) is 0 Å². The van der Waals surface area contributed by atoms with Crippen LogP contribution in [0.2, 0.25) is 5.15 Å². The first-order chi connectivity index (χ1) is 17.4. The molecule has 0 aromatic carbocycles. The van der Waals surface area contributed by atoms with Gasteiger partial charge < -0.3 is 25.7 Å². The van der Waals surface area contributed by atoms with Gasteiger partial charge in [-0.25, -0.2) is 22.7 Å². The number of nitrogens with one attached hydrogen (secondary N) is 3. The predicted octanol–water partition coefficient (Wildman–Crippen LogP) is 0.270. The highest BCUT2D eigenvalue weighted by Crippen LogP contribution is 2.29. The number of guanidine groups is 1. The quantitative estimate of drug-likeness (QED) is 0.400. The van der Waals surface area contributed by atoms with Crippen molar-refractivity contribution in [2.45, 2.75) is 30.4 Å². The molecule has 2 aromatic rings. The molecule has 14 nitrogen and oxygen atoms in total. The van der Waals surface area contributed by atoms with Crippen molar-refractivity contribution in [3.8, 4) is 0 Å². The number of amides is 2. The maximum Gasteiger partial charge on any atom is 0.280 e. The zero-order valence-corrected chi connectivity index (χ0v) is 22.3. The van der Waals surface area contributed by atoms with Gasteiger partial charge in [-0.05, 0) is 19.8 Å². The van der Waals surface area contributed by atoms with Gasteiger partial charge in [0.1, 0.15) is 5.76 Å². The van der Waals surface area contributed by atoms with Crippen molar-refractivity contribution in [1.29, 1.82) is 0 Å². The fourth-order valence-electron chi connectivity index (χ4n) is 4.12. The molecule has 5 N–H and O–H groups in total. The molecule has 1 fully saturated rings. The molecule has 2 amide bonds. The SMILES string of the molecule is CNc1nc(N)c(Cl)nc1C(=O)NC1=NCC2(CCN(C(=O)c3cc(S(=O)(=O)N(C)C)oc3C)CC2)N1. The molecule has 2 aliphatic heterocycles. The van der Waals surface area contributed by atoms with Gasteiger partial charge in [-0.1, -0.05) is 11.6 Å². The van der Waals surface area contributed by atoms with Crippen LogP contribution in [0.5, 0.6) is 0 Å². The summed E-state index contributed by atoms with van der Waals surface area (Å²) >= 11 is 5.93. The molecule has 0 bridgehead atoms. The molecule has 37 heavy (non-hydrogen) atoms. The van der Waals surface area contributed by atoms with E-state index in [1.165, 1.54) is 20.2 Å². The van der Waals surface area contributed by atoms with Crippen molar-refractivity contribution in [3.63, 3.8) is 0 Å². The van der Waals surface area contributed by atoms with Gasteiger partial charge in [0.15, 0.2) is 28.4 Å². The molecule has 200 valence electrons. The third-order valence-corrected chi connectivity index (χ3v) is 8.30. The Balaban J connectivity index is 1.38. The summed E-state index contributed by atoms with van der Waals surface area (Å²) in [6.07, 6.45) is 1.13. The number of furan rings is 1. The fraction of sp³-hybridized carbons (Fsp3) is 0.476. The number of carbonyl (C=O) groups excluding carboxylic acids is 2. The number of nitrogens with two attached hydrogens (primary N) is 1. The number of rotatable bonds is 5. The van der Waals surface area contributed by atoms with Crippen molar-refractivity contribution < 1.29 is 22.4 Å². The first-order valence-electron chi connectivity index (χ1n) is 11.3. The van der Waals surface area contributed by atoms with E-state index >= 15 is 0 Å². The Morgan fingerprint density at radius 3 is 2.57 bits per heavy atom. The van der Waals surface area contributed by atoms with Gasteiger partial charge in [-0.3, -0.25) is 19.9 Å². The summed E-state index contributed by atoms with van der Waals surface area (Å²) in [5.74, 6) is -0.165. The van der Waals surface area contributed by atoms with Crippen LogP contribution in [0.3, 0.4) is 0 Å². The molecule has 16 heteroatoms. The summed E-state index contributed by atoms with van der Waals surface area (Å²) < 4.78 is 31.1. The fourth-order valence-corrected chi connectivity index (χ4v) is 5.11. The lowest BCUT2D eigenvalue weighted by Crippen LogP contribution is -2.57. The highest BCUT2D eigenvalue weighted by Gasteiger charge is 2.41. The molecule has 0 radical (unpaired) electrons. The van der Waals surface area contributed by atoms with Gasteiger partial charge >= 0.3 is 0 Å². The van der Waals surface area contributed by atoms with E-state index in [1.54, 1.807) is 18.9 Å². The number of piperidine rings is 1. The molecule has 0 atom stereocenters. The number of aromatic nitrogens is 2. The highest BCUT2D eigenvalue weighted by molar-refractivity contribution is 7.88. The molecule has 0 unspecified atom stereocenters. The highest BCUT2D eigenvalue weighted by atomic mass is 35.5. The zero-order chi connectivity index (χ0) is 27.1. The van der Waals surface area contributed by atoms with Gasteiger partial charge in [0.2, 0.25) is 5.09 Å². The average Bonchev–Trinajstić information content (AvgIpc) is 3.44. The number of nitrogens with zero attached hydrogens (tertiary/aromatic N) is 5. The first-order valence-corrected chi connectivity index (χ1v) is 13.2. The maximum atomic E-state index is 13.1. The van der Waals surface area contributed by atoms with Gasteiger partial charge in [-0.15, -0.1) is 0 Å². The number of hydrogen-bond acceptors (Lipinski definition) is 11. The molecular formula is C21H28ClN9O5S. The number of aryl methyl sites for hydroxylation is 1. The summed E-state index contributed by atoms with van der Waals surface area (Å²) in [6, 6.07) is 1.27. The topological polar surface area (TPSA) is 188 Å². The second kappa shape index (κ2) is 9.79. The number of sulfonamides is 1. The second-order valence-electron chi connectivity index (χ2n) is 8.99. The second-order valence-corrected chi connectivity index (χ2v) is 11.4. The third kappa shape index (κ3) is 5.06. The van der Waals surface area contributed by atoms with E-state index in [0.717, 1.165) is 4.31 Å². The van der Waals surface area contributed by atoms with E-state index in [1.807, 2.05) is 0 Å². The minimum absolute atomic E-state index is 0.000297. The van der Waals surface area contributed by atoms with Crippen LogP contribution in [0.4, 0.5) is 11.6 Å². The number of aliphatic imine (C=N–C) groups is 1. The molecule has 1 saturated heterocycles. The maximum absolute atomic E-state index is 13.1. The monoisotopic (exact) mass is 553 g/mol. The van der Waals surface area contributed by atoms with Crippen LogP contribution in [-0.4, -0.2) is 91.7 Å². The molecule has 1 spiro atoms. The number of likely N-dealkylation sites (tertiary alicyclic amines) is 1. The molecule has 2 aromatic heterocycles. The first kappa shape index (κ1) is 26.6. The number of carbonyl (C=O) groups is 2. The summed E-state index contributed by atoms with van der Waals surface area (Å²) in [5, 5.41) is 8.36. The van der Waals surface area contributed by atoms with Crippen LogP contribution in [0.1, 0.15) is 39.4 Å². The predicted molar refractivity (Wildman–Crippen MR) is 136 cm³/mol. The van der Waals surface area contributed by atoms with E-state index in [4.69, 9.17) is 21.8 Å². The molecule has 4 rings (SSSR count). The van der Waals surface area contributed by atoms with Gasteiger partial charge in [0, 0.05) is 40.3 Å². The molecule has 2 aliphatic rings. The Bertz CT molecular complexity index is 1380. The lowest BCUT2D eigenvalue weighted by Gasteiger charge is -2.39. The summed E-state index contributed by atoms with van der Waals surface area (Å²) in [7, 11) is 0.570. The zero-order valence-electron chi connectivity index (χ0n) is 20.8. The van der Waals surface area contributed by atoms with Crippen molar-refractivity contribution in [1.82, 2.24) is 29.8 Å². The van der Waals surface area contributed by atoms with Crippen molar-refractivity contribution in [2.24, 2.45) is 4.99 Å². The normalized spacial score (nSPS) is 17.0. The Hall–Kier alpha value is -3.43. The standard InChI is InChI=1S/C21H28ClN9O5S/c1-11-12(9-13(36-11)37(34,35)30(3)4)19(33)31-7-5-21(6-8-31)10-25-20(29-21)28-18(32)14-17(24-2)27-16(23)15(22)26-14/h9H,5-8,10H2,1-4H3,(H3,23,24,27)(H2,25,28,29,32). The van der Waals surface area contributed by atoms with Crippen LogP contribution >= 0.6 is 11.6 Å². The Morgan fingerprint density at radius 1 is 1.27 bits per heavy atom. The smallest absolute Gasteiger partial charge is 0.280 e. The minimum atomic E-state index is -3.80. The van der Waals surface area contributed by atoms with E-state index in [-0.39, 0.29) is 50.8 Å². The summed E-state index contributed by atoms with van der Waals surface area (Å²) in [5.41, 5.74) is 5.41. The van der Waals surface area contributed by atoms with Crippen LogP contribution in [0, 0.1) is 6.92 Å². The molecule has 4 heterocycles. The minimum Gasteiger partial charge on any atom is -0.448 e. The van der Waals surface area contributed by atoms with E-state index < -0.39 is 21.5 Å². The molecule has 0 saturated carbocycles. The van der Waals surface area contributed by atoms with Crippen LogP contribution < -0.4 is 21.7 Å². The van der Waals surface area contributed by atoms with E-state index in [2.05, 4.69) is 30.9 Å².